The van der Waals surface area contributed by atoms with Crippen LogP contribution in [-0.2, 0) is 33.4 Å². The van der Waals surface area contributed by atoms with E-state index in [0.717, 1.165) is 33.9 Å². The van der Waals surface area contributed by atoms with Crippen LogP contribution in [0.15, 0.2) is 83.8 Å². The van der Waals surface area contributed by atoms with Crippen LogP contribution in [0, 0.1) is 0 Å². The molecule has 0 saturated heterocycles. The number of halogens is 1. The quantitative estimate of drug-likeness (QED) is 0.212. The van der Waals surface area contributed by atoms with Crippen molar-refractivity contribution in [1.82, 2.24) is 14.1 Å². The highest BCUT2D eigenvalue weighted by molar-refractivity contribution is 7.91. The van der Waals surface area contributed by atoms with Gasteiger partial charge in [0.05, 0.1) is 23.4 Å². The lowest BCUT2D eigenvalue weighted by Crippen LogP contribution is -2.18. The molecule has 8 nitrogen and oxygen atoms in total. The van der Waals surface area contributed by atoms with Crippen molar-refractivity contribution in [2.45, 2.75) is 30.7 Å². The average molecular weight is 601 g/mol. The van der Waals surface area contributed by atoms with E-state index in [9.17, 15) is 13.2 Å². The highest BCUT2D eigenvalue weighted by Gasteiger charge is 2.29. The number of fused-ring (bicyclic) bond motifs is 4. The summed E-state index contributed by atoms with van der Waals surface area (Å²) in [5, 5.41) is 2.69. The SMILES string of the molecule is CCn1c2ccccc2c2cc(-c3nc4c(S(=O)(=O)Cc5ccc(Cl)cc5)c(C(N)=O)ccc4n3CCOC)ccc21. The number of hydrogen-bond donors (Lipinski definition) is 1. The largest absolute Gasteiger partial charge is 0.383 e. The topological polar surface area (TPSA) is 109 Å². The minimum Gasteiger partial charge on any atom is -0.383 e. The van der Waals surface area contributed by atoms with Crippen LogP contribution in [0.2, 0.25) is 5.02 Å². The third kappa shape index (κ3) is 4.73. The van der Waals surface area contributed by atoms with Crippen molar-refractivity contribution in [3.05, 3.63) is 95.0 Å². The smallest absolute Gasteiger partial charge is 0.250 e. The van der Waals surface area contributed by atoms with Gasteiger partial charge in [-0.05, 0) is 61.0 Å². The minimum atomic E-state index is -4.05. The summed E-state index contributed by atoms with van der Waals surface area (Å²) in [6.45, 7) is 3.73. The molecule has 0 unspecified atom stereocenters. The maximum Gasteiger partial charge on any atom is 0.250 e. The van der Waals surface area contributed by atoms with Crippen LogP contribution in [0.1, 0.15) is 22.8 Å². The molecule has 2 N–H and O–H groups in total. The van der Waals surface area contributed by atoms with Crippen LogP contribution < -0.4 is 5.73 Å². The number of rotatable bonds is 9. The molecule has 10 heteroatoms. The van der Waals surface area contributed by atoms with Gasteiger partial charge in [0.1, 0.15) is 16.2 Å². The summed E-state index contributed by atoms with van der Waals surface area (Å²) in [5.41, 5.74) is 9.96. The molecule has 0 radical (unpaired) electrons. The molecule has 2 heterocycles. The third-order valence-corrected chi connectivity index (χ3v) is 9.59. The van der Waals surface area contributed by atoms with Gasteiger partial charge in [-0.25, -0.2) is 13.4 Å². The summed E-state index contributed by atoms with van der Waals surface area (Å²) >= 11 is 6.01. The van der Waals surface area contributed by atoms with E-state index in [2.05, 4.69) is 35.8 Å². The number of imidazole rings is 1. The monoisotopic (exact) mass is 600 g/mol. The van der Waals surface area contributed by atoms with E-state index in [1.165, 1.54) is 6.07 Å². The van der Waals surface area contributed by atoms with Gasteiger partial charge in [-0.15, -0.1) is 0 Å². The second-order valence-electron chi connectivity index (χ2n) is 10.1. The van der Waals surface area contributed by atoms with E-state index in [1.54, 1.807) is 37.4 Å². The lowest BCUT2D eigenvalue weighted by molar-refractivity contribution is 0.0997. The molecule has 0 spiro atoms. The summed E-state index contributed by atoms with van der Waals surface area (Å²) < 4.78 is 37.5. The molecule has 0 atom stereocenters. The van der Waals surface area contributed by atoms with Crippen molar-refractivity contribution in [1.29, 1.82) is 0 Å². The first-order chi connectivity index (χ1) is 20.2. The lowest BCUT2D eigenvalue weighted by Gasteiger charge is -2.11. The summed E-state index contributed by atoms with van der Waals surface area (Å²) in [4.78, 5) is 17.3. The highest BCUT2D eigenvalue weighted by atomic mass is 35.5. The number of nitrogens with two attached hydrogens (primary N) is 1. The lowest BCUT2D eigenvalue weighted by atomic mass is 10.1. The summed E-state index contributed by atoms with van der Waals surface area (Å²) in [6.07, 6.45) is 0. The fourth-order valence-corrected chi connectivity index (χ4v) is 7.56. The number of amides is 1. The van der Waals surface area contributed by atoms with Crippen molar-refractivity contribution in [3.8, 4) is 11.4 Å². The number of carbonyl (C=O) groups excluding carboxylic acids is 1. The predicted molar refractivity (Wildman–Crippen MR) is 167 cm³/mol. The molecule has 42 heavy (non-hydrogen) atoms. The fourth-order valence-electron chi connectivity index (χ4n) is 5.71. The highest BCUT2D eigenvalue weighted by Crippen LogP contribution is 2.36. The number of nitrogens with zero attached hydrogens (tertiary/aromatic N) is 3. The van der Waals surface area contributed by atoms with Gasteiger partial charge in [0, 0.05) is 52.6 Å². The number of hydrogen-bond acceptors (Lipinski definition) is 5. The summed E-state index contributed by atoms with van der Waals surface area (Å²) in [5.74, 6) is -0.609. The maximum absolute atomic E-state index is 13.9. The van der Waals surface area contributed by atoms with Gasteiger partial charge in [-0.2, -0.15) is 0 Å². The first kappa shape index (κ1) is 28.0. The Morgan fingerprint density at radius 1 is 0.929 bits per heavy atom. The number of sulfone groups is 1. The first-order valence-corrected chi connectivity index (χ1v) is 15.6. The molecule has 4 aromatic carbocycles. The molecule has 1 amide bonds. The van der Waals surface area contributed by atoms with Gasteiger partial charge in [-0.3, -0.25) is 4.79 Å². The van der Waals surface area contributed by atoms with Crippen LogP contribution in [0.4, 0.5) is 0 Å². The second kappa shape index (κ2) is 10.9. The molecule has 0 aliphatic carbocycles. The number of carbonyl (C=O) groups is 1. The Hall–Kier alpha value is -4.18. The molecule has 6 aromatic rings. The predicted octanol–water partition coefficient (Wildman–Crippen LogP) is 6.20. The van der Waals surface area contributed by atoms with E-state index >= 15 is 0 Å². The number of primary amides is 1. The van der Waals surface area contributed by atoms with E-state index in [1.807, 2.05) is 22.8 Å². The number of benzene rings is 4. The van der Waals surface area contributed by atoms with Crippen molar-refractivity contribution in [2.75, 3.05) is 13.7 Å². The molecule has 0 bridgehead atoms. The summed E-state index contributed by atoms with van der Waals surface area (Å²) in [7, 11) is -2.44. The van der Waals surface area contributed by atoms with Crippen LogP contribution in [0.5, 0.6) is 0 Å². The molecular weight excluding hydrogens is 572 g/mol. The zero-order chi connectivity index (χ0) is 29.6. The molecule has 0 aliphatic rings. The molecule has 0 saturated carbocycles. The fraction of sp³-hybridized carbons (Fsp3) is 0.188. The van der Waals surface area contributed by atoms with Crippen LogP contribution in [-0.4, -0.2) is 42.2 Å². The van der Waals surface area contributed by atoms with E-state index in [4.69, 9.17) is 27.1 Å². The molecule has 2 aromatic heterocycles. The Bertz CT molecular complexity index is 2100. The first-order valence-electron chi connectivity index (χ1n) is 13.5. The molecule has 0 aliphatic heterocycles. The molecule has 0 fully saturated rings. The van der Waals surface area contributed by atoms with Crippen LogP contribution in [0.25, 0.3) is 44.2 Å². The minimum absolute atomic E-state index is 0.0964. The van der Waals surface area contributed by atoms with Crippen molar-refractivity contribution >= 4 is 60.2 Å². The van der Waals surface area contributed by atoms with Gasteiger partial charge >= 0.3 is 0 Å². The zero-order valence-corrected chi connectivity index (χ0v) is 24.7. The molecular formula is C32H29ClN4O4S. The van der Waals surface area contributed by atoms with Gasteiger partial charge in [0.2, 0.25) is 5.91 Å². The van der Waals surface area contributed by atoms with Crippen molar-refractivity contribution in [3.63, 3.8) is 0 Å². The average Bonchev–Trinajstić information content (AvgIpc) is 3.51. The van der Waals surface area contributed by atoms with Crippen molar-refractivity contribution in [2.24, 2.45) is 5.73 Å². The normalized spacial score (nSPS) is 12.1. The third-order valence-electron chi connectivity index (χ3n) is 7.59. The van der Waals surface area contributed by atoms with Gasteiger partial charge in [-0.1, -0.05) is 41.9 Å². The van der Waals surface area contributed by atoms with Crippen molar-refractivity contribution < 1.29 is 17.9 Å². The molecule has 214 valence electrons. The Balaban J connectivity index is 1.60. The number of methoxy groups -OCH3 is 1. The Morgan fingerprint density at radius 3 is 2.36 bits per heavy atom. The number of ether oxygens (including phenoxy) is 1. The number of para-hydroxylation sites is 1. The number of aryl methyl sites for hydroxylation is 1. The standard InChI is InChI=1S/C32H29ClN4O4S/c1-3-36-26-7-5-4-6-23(26)25-18-21(10-14-27(25)36)32-35-29-28(37(32)16-17-41-2)15-13-24(31(34)38)30(29)42(39,40)19-20-8-11-22(33)12-9-20/h4-15,18H,3,16-17,19H2,1-2H3,(H2,34,38). The van der Waals surface area contributed by atoms with E-state index in [0.29, 0.717) is 35.1 Å². The van der Waals surface area contributed by atoms with Gasteiger partial charge in [0.15, 0.2) is 9.84 Å². The van der Waals surface area contributed by atoms with Crippen LogP contribution >= 0.6 is 11.6 Å². The Morgan fingerprint density at radius 2 is 1.64 bits per heavy atom. The van der Waals surface area contributed by atoms with Crippen LogP contribution in [0.3, 0.4) is 0 Å². The zero-order valence-electron chi connectivity index (χ0n) is 23.2. The van der Waals surface area contributed by atoms with E-state index in [-0.39, 0.29) is 21.7 Å². The number of aromatic nitrogens is 3. The molecule has 6 rings (SSSR count). The Labute approximate surface area is 248 Å². The second-order valence-corrected chi connectivity index (χ2v) is 12.5. The maximum atomic E-state index is 13.9. The van der Waals surface area contributed by atoms with Gasteiger partial charge < -0.3 is 19.6 Å². The summed E-state index contributed by atoms with van der Waals surface area (Å²) in [6, 6.07) is 24.1. The van der Waals surface area contributed by atoms with Gasteiger partial charge in [0.25, 0.3) is 0 Å². The Kier molecular flexibility index (Phi) is 7.26. The van der Waals surface area contributed by atoms with E-state index < -0.39 is 15.7 Å².